The van der Waals surface area contributed by atoms with E-state index in [1.165, 1.54) is 68.4 Å². The molecule has 0 aromatic heterocycles. The first-order valence-electron chi connectivity index (χ1n) is 14.3. The van der Waals surface area contributed by atoms with E-state index in [2.05, 4.69) is 31.2 Å². The third-order valence-electron chi connectivity index (χ3n) is 8.65. The number of rotatable bonds is 8. The number of fused-ring (bicyclic) bond motifs is 1. The lowest BCUT2D eigenvalue weighted by molar-refractivity contribution is 0.133. The highest BCUT2D eigenvalue weighted by atomic mass is 19.2. The van der Waals surface area contributed by atoms with Crippen molar-refractivity contribution in [2.24, 2.45) is 17.8 Å². The summed E-state index contributed by atoms with van der Waals surface area (Å²) < 4.78 is 69.2. The minimum Gasteiger partial charge on any atom is -0.491 e. The van der Waals surface area contributed by atoms with E-state index in [1.54, 1.807) is 6.92 Å². The predicted octanol–water partition coefficient (Wildman–Crippen LogP) is 9.76. The van der Waals surface area contributed by atoms with Crippen molar-refractivity contribution in [3.05, 3.63) is 95.1 Å². The standard InChI is InChI=1S/C34H36F4O2/c1-3-5-21-6-11-26-19-25(13-12-24(26)18-21)23-9-7-22(8-10-23)20-40-30-17-15-28(32(36)34(30)38)27-14-16-29(39-4-2)33(37)31(27)35/h3,5,7-10,14-17,21,24-26H,4,6,11-13,18-20H2,1-2H3/b5-3+. The van der Waals surface area contributed by atoms with Crippen LogP contribution in [-0.2, 0) is 6.61 Å². The molecule has 2 fully saturated rings. The van der Waals surface area contributed by atoms with Gasteiger partial charge in [-0.05, 0) is 111 Å². The van der Waals surface area contributed by atoms with Crippen LogP contribution in [0.3, 0.4) is 0 Å². The normalized spacial score (nSPS) is 22.8. The number of ether oxygens (including phenoxy) is 2. The lowest BCUT2D eigenvalue weighted by Gasteiger charge is -2.41. The van der Waals surface area contributed by atoms with Crippen LogP contribution in [0, 0.1) is 41.0 Å². The van der Waals surface area contributed by atoms with Crippen molar-refractivity contribution in [1.29, 1.82) is 0 Å². The molecule has 5 rings (SSSR count). The molecule has 0 heterocycles. The van der Waals surface area contributed by atoms with Gasteiger partial charge in [-0.25, -0.2) is 8.78 Å². The molecule has 2 aliphatic rings. The summed E-state index contributed by atoms with van der Waals surface area (Å²) in [5, 5.41) is 0. The molecule has 0 spiro atoms. The minimum absolute atomic E-state index is 0.0593. The molecule has 0 saturated heterocycles. The van der Waals surface area contributed by atoms with Gasteiger partial charge in [0.05, 0.1) is 6.61 Å². The first kappa shape index (κ1) is 28.3. The Morgan fingerprint density at radius 3 is 1.93 bits per heavy atom. The Morgan fingerprint density at radius 2 is 1.30 bits per heavy atom. The maximum Gasteiger partial charge on any atom is 0.201 e. The zero-order valence-electron chi connectivity index (χ0n) is 23.1. The summed E-state index contributed by atoms with van der Waals surface area (Å²) in [4.78, 5) is 0. The molecule has 2 aliphatic carbocycles. The number of allylic oxidation sites excluding steroid dienone is 2. The van der Waals surface area contributed by atoms with E-state index in [1.807, 2.05) is 12.1 Å². The highest BCUT2D eigenvalue weighted by molar-refractivity contribution is 5.67. The second kappa shape index (κ2) is 12.5. The van der Waals surface area contributed by atoms with Crippen LogP contribution < -0.4 is 9.47 Å². The van der Waals surface area contributed by atoms with Crippen LogP contribution in [0.2, 0.25) is 0 Å². The van der Waals surface area contributed by atoms with E-state index < -0.39 is 28.8 Å². The van der Waals surface area contributed by atoms with Crippen molar-refractivity contribution in [3.8, 4) is 22.6 Å². The Bertz CT molecular complexity index is 1350. The fourth-order valence-electron chi connectivity index (χ4n) is 6.58. The molecule has 40 heavy (non-hydrogen) atoms. The average Bonchev–Trinajstić information content (AvgIpc) is 2.97. The summed E-state index contributed by atoms with van der Waals surface area (Å²) in [6, 6.07) is 13.0. The van der Waals surface area contributed by atoms with Gasteiger partial charge in [-0.15, -0.1) is 0 Å². The van der Waals surface area contributed by atoms with Gasteiger partial charge in [-0.1, -0.05) is 36.4 Å². The Morgan fingerprint density at radius 1 is 0.700 bits per heavy atom. The first-order valence-corrected chi connectivity index (χ1v) is 14.3. The van der Waals surface area contributed by atoms with Crippen LogP contribution in [-0.4, -0.2) is 6.61 Å². The van der Waals surface area contributed by atoms with E-state index in [9.17, 15) is 17.6 Å². The van der Waals surface area contributed by atoms with Gasteiger partial charge >= 0.3 is 0 Å². The highest BCUT2D eigenvalue weighted by Crippen LogP contribution is 2.48. The third-order valence-corrected chi connectivity index (χ3v) is 8.65. The maximum absolute atomic E-state index is 14.9. The van der Waals surface area contributed by atoms with Crippen molar-refractivity contribution in [2.45, 2.75) is 64.9 Å². The van der Waals surface area contributed by atoms with Crippen LogP contribution in [0.25, 0.3) is 11.1 Å². The van der Waals surface area contributed by atoms with Crippen LogP contribution in [0.5, 0.6) is 11.5 Å². The zero-order chi connectivity index (χ0) is 28.2. The van der Waals surface area contributed by atoms with Crippen molar-refractivity contribution < 1.29 is 27.0 Å². The summed E-state index contributed by atoms with van der Waals surface area (Å²) in [7, 11) is 0. The number of benzene rings is 3. The summed E-state index contributed by atoms with van der Waals surface area (Å²) >= 11 is 0. The van der Waals surface area contributed by atoms with Crippen molar-refractivity contribution in [1.82, 2.24) is 0 Å². The molecular weight excluding hydrogens is 516 g/mol. The minimum atomic E-state index is -1.30. The first-order chi connectivity index (χ1) is 19.4. The molecule has 3 aromatic carbocycles. The molecule has 0 N–H and O–H groups in total. The van der Waals surface area contributed by atoms with Crippen molar-refractivity contribution >= 4 is 0 Å². The monoisotopic (exact) mass is 552 g/mol. The Hall–Kier alpha value is -3.28. The number of hydrogen-bond acceptors (Lipinski definition) is 2. The van der Waals surface area contributed by atoms with Gasteiger partial charge in [0.2, 0.25) is 11.6 Å². The van der Waals surface area contributed by atoms with Crippen molar-refractivity contribution in [2.75, 3.05) is 6.61 Å². The second-order valence-electron chi connectivity index (χ2n) is 11.1. The molecule has 212 valence electrons. The molecule has 0 bridgehead atoms. The van der Waals surface area contributed by atoms with Crippen LogP contribution in [0.1, 0.15) is 69.4 Å². The molecule has 0 aliphatic heterocycles. The summed E-state index contributed by atoms with van der Waals surface area (Å²) in [5.41, 5.74) is 1.38. The second-order valence-corrected chi connectivity index (χ2v) is 11.1. The van der Waals surface area contributed by atoms with Gasteiger partial charge < -0.3 is 9.47 Å². The molecule has 3 aromatic rings. The van der Waals surface area contributed by atoms with E-state index in [0.717, 1.165) is 23.3 Å². The van der Waals surface area contributed by atoms with E-state index in [0.29, 0.717) is 5.92 Å². The average molecular weight is 553 g/mol. The van der Waals surface area contributed by atoms with Gasteiger partial charge in [0, 0.05) is 11.1 Å². The van der Waals surface area contributed by atoms with Gasteiger partial charge in [0.15, 0.2) is 23.1 Å². The van der Waals surface area contributed by atoms with Crippen molar-refractivity contribution in [3.63, 3.8) is 0 Å². The Kier molecular flexibility index (Phi) is 8.82. The maximum atomic E-state index is 14.9. The predicted molar refractivity (Wildman–Crippen MR) is 149 cm³/mol. The van der Waals surface area contributed by atoms with E-state index >= 15 is 0 Å². The molecule has 4 unspecified atom stereocenters. The Labute approximate surface area is 234 Å². The lowest BCUT2D eigenvalue weighted by Crippen LogP contribution is -2.30. The molecule has 2 nitrogen and oxygen atoms in total. The molecule has 0 radical (unpaired) electrons. The Balaban J connectivity index is 1.21. The van der Waals surface area contributed by atoms with Gasteiger partial charge in [-0.2, -0.15) is 8.78 Å². The molecule has 2 saturated carbocycles. The fourth-order valence-corrected chi connectivity index (χ4v) is 6.58. The molecule has 0 amide bonds. The smallest absolute Gasteiger partial charge is 0.201 e. The van der Waals surface area contributed by atoms with Crippen LogP contribution >= 0.6 is 0 Å². The SMILES string of the molecule is C/C=C/C1CCC2CC(c3ccc(COc4ccc(-c5ccc(OCC)c(F)c5F)c(F)c4F)cc3)CCC2C1. The fraction of sp³-hybridized carbons (Fsp3) is 0.412. The number of hydrogen-bond donors (Lipinski definition) is 0. The molecule has 4 atom stereocenters. The van der Waals surface area contributed by atoms with E-state index in [-0.39, 0.29) is 30.3 Å². The number of halogens is 4. The summed E-state index contributed by atoms with van der Waals surface area (Å²) in [6.45, 7) is 3.95. The molecular formula is C34H36F4O2. The van der Waals surface area contributed by atoms with Gasteiger partial charge in [0.25, 0.3) is 0 Å². The van der Waals surface area contributed by atoms with E-state index in [4.69, 9.17) is 9.47 Å². The van der Waals surface area contributed by atoms with Crippen LogP contribution in [0.4, 0.5) is 17.6 Å². The van der Waals surface area contributed by atoms with Gasteiger partial charge in [0.1, 0.15) is 6.61 Å². The van der Waals surface area contributed by atoms with Gasteiger partial charge in [-0.3, -0.25) is 0 Å². The zero-order valence-corrected chi connectivity index (χ0v) is 23.1. The van der Waals surface area contributed by atoms with Crippen LogP contribution in [0.15, 0.2) is 60.7 Å². The summed E-state index contributed by atoms with van der Waals surface area (Å²) in [6.07, 6.45) is 12.2. The topological polar surface area (TPSA) is 18.5 Å². The summed E-state index contributed by atoms with van der Waals surface area (Å²) in [5.74, 6) is -2.72. The highest BCUT2D eigenvalue weighted by Gasteiger charge is 2.35. The lowest BCUT2D eigenvalue weighted by atomic mass is 9.64. The molecule has 6 heteroatoms. The largest absolute Gasteiger partial charge is 0.491 e. The quantitative estimate of drug-likeness (QED) is 0.205. The third kappa shape index (κ3) is 5.91.